The Morgan fingerprint density at radius 3 is 2.35 bits per heavy atom. The van der Waals surface area contributed by atoms with Crippen molar-refractivity contribution in [3.8, 4) is 0 Å². The van der Waals surface area contributed by atoms with E-state index in [1.807, 2.05) is 65.6 Å². The van der Waals surface area contributed by atoms with E-state index in [9.17, 15) is 4.79 Å². The molecule has 0 unspecified atom stereocenters. The van der Waals surface area contributed by atoms with Gasteiger partial charge in [-0.25, -0.2) is 0 Å². The fourth-order valence-electron chi connectivity index (χ4n) is 2.57. The van der Waals surface area contributed by atoms with Crippen molar-refractivity contribution < 1.29 is 9.53 Å². The van der Waals surface area contributed by atoms with Crippen LogP contribution in [-0.4, -0.2) is 37.1 Å². The van der Waals surface area contributed by atoms with Gasteiger partial charge in [0.15, 0.2) is 0 Å². The Labute approximate surface area is 141 Å². The van der Waals surface area contributed by atoms with Gasteiger partial charge in [-0.15, -0.1) is 0 Å². The SMILES string of the molecule is O=C(C(=Cc1ccccc1Cl)c1ccccc1)N1CCOCC1. The second-order valence-corrected chi connectivity index (χ2v) is 5.76. The summed E-state index contributed by atoms with van der Waals surface area (Å²) in [4.78, 5) is 14.8. The van der Waals surface area contributed by atoms with Crippen LogP contribution in [0.3, 0.4) is 0 Å². The van der Waals surface area contributed by atoms with Crippen LogP contribution >= 0.6 is 11.6 Å². The summed E-state index contributed by atoms with van der Waals surface area (Å²) in [5.74, 6) is 0.0134. The van der Waals surface area contributed by atoms with Crippen molar-refractivity contribution in [2.24, 2.45) is 0 Å². The molecule has 0 aliphatic carbocycles. The number of nitrogens with zero attached hydrogens (tertiary/aromatic N) is 1. The lowest BCUT2D eigenvalue weighted by Gasteiger charge is -2.28. The van der Waals surface area contributed by atoms with E-state index in [0.29, 0.717) is 36.9 Å². The third-order valence-corrected chi connectivity index (χ3v) is 4.16. The lowest BCUT2D eigenvalue weighted by molar-refractivity contribution is -0.128. The van der Waals surface area contributed by atoms with Crippen molar-refractivity contribution in [3.05, 3.63) is 70.7 Å². The van der Waals surface area contributed by atoms with E-state index in [4.69, 9.17) is 16.3 Å². The fraction of sp³-hybridized carbons (Fsp3) is 0.211. The van der Waals surface area contributed by atoms with Crippen LogP contribution in [0.4, 0.5) is 0 Å². The molecule has 3 nitrogen and oxygen atoms in total. The molecule has 0 radical (unpaired) electrons. The van der Waals surface area contributed by atoms with Gasteiger partial charge in [0.25, 0.3) is 5.91 Å². The van der Waals surface area contributed by atoms with Crippen LogP contribution in [0, 0.1) is 0 Å². The Morgan fingerprint density at radius 1 is 1.00 bits per heavy atom. The minimum atomic E-state index is 0.0134. The minimum Gasteiger partial charge on any atom is -0.378 e. The Bertz CT molecular complexity index is 706. The highest BCUT2D eigenvalue weighted by Gasteiger charge is 2.21. The molecule has 118 valence electrons. The second-order valence-electron chi connectivity index (χ2n) is 5.35. The van der Waals surface area contributed by atoms with Gasteiger partial charge < -0.3 is 9.64 Å². The smallest absolute Gasteiger partial charge is 0.254 e. The Morgan fingerprint density at radius 2 is 1.65 bits per heavy atom. The number of halogens is 1. The molecule has 2 aromatic rings. The van der Waals surface area contributed by atoms with Crippen LogP contribution in [0.5, 0.6) is 0 Å². The first-order valence-electron chi connectivity index (χ1n) is 7.64. The molecule has 3 rings (SSSR count). The van der Waals surface area contributed by atoms with Gasteiger partial charge in [-0.2, -0.15) is 0 Å². The number of carbonyl (C=O) groups excluding carboxylic acids is 1. The first-order valence-corrected chi connectivity index (χ1v) is 8.02. The molecule has 1 fully saturated rings. The van der Waals surface area contributed by atoms with Crippen molar-refractivity contribution in [2.45, 2.75) is 0 Å². The summed E-state index contributed by atoms with van der Waals surface area (Å²) < 4.78 is 5.34. The first-order chi connectivity index (χ1) is 11.3. The summed E-state index contributed by atoms with van der Waals surface area (Å²) in [6.45, 7) is 2.40. The van der Waals surface area contributed by atoms with Gasteiger partial charge >= 0.3 is 0 Å². The van der Waals surface area contributed by atoms with Crippen molar-refractivity contribution in [1.29, 1.82) is 0 Å². The second kappa shape index (κ2) is 7.44. The van der Waals surface area contributed by atoms with Gasteiger partial charge in [-0.1, -0.05) is 60.1 Å². The van der Waals surface area contributed by atoms with Crippen molar-refractivity contribution in [3.63, 3.8) is 0 Å². The number of amides is 1. The molecule has 1 aliphatic rings. The highest BCUT2D eigenvalue weighted by molar-refractivity contribution is 6.33. The van der Waals surface area contributed by atoms with Crippen LogP contribution < -0.4 is 0 Å². The first kappa shape index (κ1) is 15.8. The van der Waals surface area contributed by atoms with Gasteiger partial charge in [-0.3, -0.25) is 4.79 Å². The predicted octanol–water partition coefficient (Wildman–Crippen LogP) is 3.74. The standard InChI is InChI=1S/C19H18ClNO2/c20-18-9-5-4-8-16(18)14-17(15-6-2-1-3-7-15)19(22)21-10-12-23-13-11-21/h1-9,14H,10-13H2. The topological polar surface area (TPSA) is 29.5 Å². The molecular formula is C19H18ClNO2. The maximum atomic E-state index is 13.0. The highest BCUT2D eigenvalue weighted by atomic mass is 35.5. The van der Waals surface area contributed by atoms with E-state index in [1.165, 1.54) is 0 Å². The van der Waals surface area contributed by atoms with Gasteiger partial charge in [0.05, 0.1) is 13.2 Å². The maximum Gasteiger partial charge on any atom is 0.254 e. The average Bonchev–Trinajstić information content (AvgIpc) is 2.62. The summed E-state index contributed by atoms with van der Waals surface area (Å²) in [5, 5.41) is 0.635. The van der Waals surface area contributed by atoms with E-state index in [-0.39, 0.29) is 5.91 Å². The fourth-order valence-corrected chi connectivity index (χ4v) is 2.76. The average molecular weight is 328 g/mol. The summed E-state index contributed by atoms with van der Waals surface area (Å²) in [5.41, 5.74) is 2.39. The van der Waals surface area contributed by atoms with Crippen LogP contribution in [0.2, 0.25) is 5.02 Å². The van der Waals surface area contributed by atoms with E-state index >= 15 is 0 Å². The minimum absolute atomic E-state index is 0.0134. The molecule has 0 atom stereocenters. The number of rotatable bonds is 3. The molecule has 23 heavy (non-hydrogen) atoms. The van der Waals surface area contributed by atoms with E-state index in [2.05, 4.69) is 0 Å². The zero-order valence-corrected chi connectivity index (χ0v) is 13.5. The molecule has 4 heteroatoms. The van der Waals surface area contributed by atoms with Gasteiger partial charge in [0.2, 0.25) is 0 Å². The van der Waals surface area contributed by atoms with E-state index in [1.54, 1.807) is 0 Å². The third-order valence-electron chi connectivity index (χ3n) is 3.82. The van der Waals surface area contributed by atoms with E-state index < -0.39 is 0 Å². The molecular weight excluding hydrogens is 310 g/mol. The largest absolute Gasteiger partial charge is 0.378 e. The Hall–Kier alpha value is -2.10. The Kier molecular flexibility index (Phi) is 5.11. The molecule has 0 saturated carbocycles. The Balaban J connectivity index is 2.00. The summed E-state index contributed by atoms with van der Waals surface area (Å²) in [6, 6.07) is 17.2. The van der Waals surface area contributed by atoms with Gasteiger partial charge in [0.1, 0.15) is 0 Å². The summed E-state index contributed by atoms with van der Waals surface area (Å²) in [7, 11) is 0. The van der Waals surface area contributed by atoms with Gasteiger partial charge in [0, 0.05) is 23.7 Å². The normalized spacial score (nSPS) is 15.5. The lowest BCUT2D eigenvalue weighted by Crippen LogP contribution is -2.41. The van der Waals surface area contributed by atoms with E-state index in [0.717, 1.165) is 11.1 Å². The van der Waals surface area contributed by atoms with Crippen LogP contribution in [0.1, 0.15) is 11.1 Å². The number of benzene rings is 2. The molecule has 0 N–H and O–H groups in total. The van der Waals surface area contributed by atoms with Crippen molar-refractivity contribution in [2.75, 3.05) is 26.3 Å². The number of carbonyl (C=O) groups is 1. The monoisotopic (exact) mass is 327 g/mol. The van der Waals surface area contributed by atoms with Gasteiger partial charge in [-0.05, 0) is 23.3 Å². The van der Waals surface area contributed by atoms with Crippen LogP contribution in [0.15, 0.2) is 54.6 Å². The molecule has 0 aromatic heterocycles. The number of ether oxygens (including phenoxy) is 1. The summed E-state index contributed by atoms with van der Waals surface area (Å²) in [6.07, 6.45) is 1.87. The van der Waals surface area contributed by atoms with Crippen LogP contribution in [-0.2, 0) is 9.53 Å². The third kappa shape index (κ3) is 3.81. The number of morpholine rings is 1. The lowest BCUT2D eigenvalue weighted by atomic mass is 10.0. The molecule has 0 spiro atoms. The number of hydrogen-bond acceptors (Lipinski definition) is 2. The molecule has 1 saturated heterocycles. The molecule has 1 heterocycles. The number of hydrogen-bond donors (Lipinski definition) is 0. The molecule has 0 bridgehead atoms. The van der Waals surface area contributed by atoms with Crippen LogP contribution in [0.25, 0.3) is 11.6 Å². The van der Waals surface area contributed by atoms with Crippen molar-refractivity contribution in [1.82, 2.24) is 4.90 Å². The summed E-state index contributed by atoms with van der Waals surface area (Å²) >= 11 is 6.26. The zero-order chi connectivity index (χ0) is 16.1. The quantitative estimate of drug-likeness (QED) is 0.635. The zero-order valence-electron chi connectivity index (χ0n) is 12.7. The molecule has 1 amide bonds. The molecule has 1 aliphatic heterocycles. The van der Waals surface area contributed by atoms with Crippen molar-refractivity contribution >= 4 is 29.2 Å². The predicted molar refractivity (Wildman–Crippen MR) is 93.2 cm³/mol. The maximum absolute atomic E-state index is 13.0. The molecule has 2 aromatic carbocycles. The highest BCUT2D eigenvalue weighted by Crippen LogP contribution is 2.25.